The molecule has 0 atom stereocenters. The highest BCUT2D eigenvalue weighted by Crippen LogP contribution is 2.27. The van der Waals surface area contributed by atoms with Crippen molar-refractivity contribution in [1.82, 2.24) is 4.72 Å². The van der Waals surface area contributed by atoms with Gasteiger partial charge in [-0.3, -0.25) is 0 Å². The minimum atomic E-state index is -3.60. The van der Waals surface area contributed by atoms with Crippen molar-refractivity contribution in [2.45, 2.75) is 31.8 Å². The second kappa shape index (κ2) is 8.91. The SMILES string of the molecule is COc1cc(C)ccc1OCCNS(=O)(=O)c1ccc(OC(C)C)cc1. The van der Waals surface area contributed by atoms with E-state index < -0.39 is 10.0 Å². The van der Waals surface area contributed by atoms with Crippen LogP contribution in [0, 0.1) is 6.92 Å². The monoisotopic (exact) mass is 379 g/mol. The quantitative estimate of drug-likeness (QED) is 0.678. The standard InChI is InChI=1S/C19H25NO5S/c1-14(2)25-16-6-8-17(9-7-16)26(21,22)20-11-12-24-18-10-5-15(3)13-19(18)23-4/h5-10,13-14,20H,11-12H2,1-4H3. The van der Waals surface area contributed by atoms with Crippen LogP contribution < -0.4 is 18.9 Å². The Kier molecular flexibility index (Phi) is 6.88. The third kappa shape index (κ3) is 5.64. The molecule has 0 heterocycles. The molecule has 0 saturated carbocycles. The molecule has 0 bridgehead atoms. The number of rotatable bonds is 9. The Bertz CT molecular complexity index is 816. The van der Waals surface area contributed by atoms with Crippen molar-refractivity contribution in [3.63, 3.8) is 0 Å². The molecule has 0 saturated heterocycles. The van der Waals surface area contributed by atoms with Crippen molar-refractivity contribution in [2.24, 2.45) is 0 Å². The Hall–Kier alpha value is -2.25. The van der Waals surface area contributed by atoms with Gasteiger partial charge in [0, 0.05) is 6.54 Å². The van der Waals surface area contributed by atoms with Gasteiger partial charge in [-0.05, 0) is 62.7 Å². The van der Waals surface area contributed by atoms with Gasteiger partial charge in [-0.2, -0.15) is 0 Å². The number of nitrogens with one attached hydrogen (secondary N) is 1. The van der Waals surface area contributed by atoms with Gasteiger partial charge in [0.1, 0.15) is 12.4 Å². The summed E-state index contributed by atoms with van der Waals surface area (Å²) in [7, 11) is -2.03. The van der Waals surface area contributed by atoms with Crippen molar-refractivity contribution < 1.29 is 22.6 Å². The molecule has 2 aromatic rings. The van der Waals surface area contributed by atoms with E-state index >= 15 is 0 Å². The lowest BCUT2D eigenvalue weighted by molar-refractivity contribution is 0.242. The van der Waals surface area contributed by atoms with Crippen LogP contribution in [-0.2, 0) is 10.0 Å². The van der Waals surface area contributed by atoms with Crippen LogP contribution in [-0.4, -0.2) is 34.8 Å². The molecule has 2 rings (SSSR count). The fourth-order valence-electron chi connectivity index (χ4n) is 2.28. The van der Waals surface area contributed by atoms with Gasteiger partial charge in [0.2, 0.25) is 10.0 Å². The minimum absolute atomic E-state index is 0.0338. The van der Waals surface area contributed by atoms with Gasteiger partial charge in [0.25, 0.3) is 0 Å². The van der Waals surface area contributed by atoms with Gasteiger partial charge in [0.15, 0.2) is 11.5 Å². The van der Waals surface area contributed by atoms with Crippen molar-refractivity contribution >= 4 is 10.0 Å². The molecule has 0 aliphatic rings. The molecule has 0 spiro atoms. The summed E-state index contributed by atoms with van der Waals surface area (Å²) in [5.41, 5.74) is 1.06. The first-order valence-electron chi connectivity index (χ1n) is 8.35. The Morgan fingerprint density at radius 3 is 2.35 bits per heavy atom. The summed E-state index contributed by atoms with van der Waals surface area (Å²) in [5, 5.41) is 0. The van der Waals surface area contributed by atoms with Gasteiger partial charge in [-0.1, -0.05) is 6.07 Å². The molecule has 2 aromatic carbocycles. The Labute approximate surface area is 155 Å². The Balaban J connectivity index is 1.90. The van der Waals surface area contributed by atoms with E-state index in [1.807, 2.05) is 32.9 Å². The number of methoxy groups -OCH3 is 1. The van der Waals surface area contributed by atoms with E-state index in [-0.39, 0.29) is 24.2 Å². The van der Waals surface area contributed by atoms with Crippen LogP contribution >= 0.6 is 0 Å². The lowest BCUT2D eigenvalue weighted by Gasteiger charge is -2.12. The Morgan fingerprint density at radius 2 is 1.73 bits per heavy atom. The highest BCUT2D eigenvalue weighted by molar-refractivity contribution is 7.89. The zero-order valence-electron chi connectivity index (χ0n) is 15.5. The highest BCUT2D eigenvalue weighted by atomic mass is 32.2. The lowest BCUT2D eigenvalue weighted by Crippen LogP contribution is -2.28. The maximum atomic E-state index is 12.3. The predicted molar refractivity (Wildman–Crippen MR) is 101 cm³/mol. The third-order valence-electron chi connectivity index (χ3n) is 3.48. The fraction of sp³-hybridized carbons (Fsp3) is 0.368. The van der Waals surface area contributed by atoms with Crippen LogP contribution in [0.15, 0.2) is 47.4 Å². The van der Waals surface area contributed by atoms with Crippen LogP contribution in [0.25, 0.3) is 0 Å². The number of benzene rings is 2. The van der Waals surface area contributed by atoms with Crippen molar-refractivity contribution in [2.75, 3.05) is 20.3 Å². The van der Waals surface area contributed by atoms with Gasteiger partial charge < -0.3 is 14.2 Å². The van der Waals surface area contributed by atoms with Gasteiger partial charge in [-0.15, -0.1) is 0 Å². The van der Waals surface area contributed by atoms with Gasteiger partial charge in [-0.25, -0.2) is 13.1 Å². The summed E-state index contributed by atoms with van der Waals surface area (Å²) >= 11 is 0. The van der Waals surface area contributed by atoms with E-state index in [4.69, 9.17) is 14.2 Å². The lowest BCUT2D eigenvalue weighted by atomic mass is 10.2. The molecule has 0 fully saturated rings. The first-order valence-corrected chi connectivity index (χ1v) is 9.84. The van der Waals surface area contributed by atoms with E-state index in [9.17, 15) is 8.42 Å². The molecule has 142 valence electrons. The van der Waals surface area contributed by atoms with Crippen molar-refractivity contribution in [1.29, 1.82) is 0 Å². The number of hydrogen-bond donors (Lipinski definition) is 1. The molecule has 1 N–H and O–H groups in total. The van der Waals surface area contributed by atoms with Crippen LogP contribution in [0.2, 0.25) is 0 Å². The zero-order valence-corrected chi connectivity index (χ0v) is 16.3. The third-order valence-corrected chi connectivity index (χ3v) is 4.95. The zero-order chi connectivity index (χ0) is 19.2. The minimum Gasteiger partial charge on any atom is -0.493 e. The van der Waals surface area contributed by atoms with Crippen LogP contribution in [0.1, 0.15) is 19.4 Å². The number of hydrogen-bond acceptors (Lipinski definition) is 5. The topological polar surface area (TPSA) is 73.9 Å². The average Bonchev–Trinajstić information content (AvgIpc) is 2.59. The molecule has 0 aliphatic heterocycles. The smallest absolute Gasteiger partial charge is 0.240 e. The molecule has 0 unspecified atom stereocenters. The second-order valence-corrected chi connectivity index (χ2v) is 7.81. The highest BCUT2D eigenvalue weighted by Gasteiger charge is 2.14. The predicted octanol–water partition coefficient (Wildman–Crippen LogP) is 3.15. The number of aryl methyl sites for hydroxylation is 1. The van der Waals surface area contributed by atoms with E-state index in [1.54, 1.807) is 25.3 Å². The van der Waals surface area contributed by atoms with Crippen LogP contribution in [0.3, 0.4) is 0 Å². The average molecular weight is 379 g/mol. The Morgan fingerprint density at radius 1 is 1.04 bits per heavy atom. The summed E-state index contributed by atoms with van der Waals surface area (Å²) in [6.07, 6.45) is 0.0338. The maximum absolute atomic E-state index is 12.3. The summed E-state index contributed by atoms with van der Waals surface area (Å²) in [4.78, 5) is 0.182. The molecule has 0 aromatic heterocycles. The summed E-state index contributed by atoms with van der Waals surface area (Å²) in [6, 6.07) is 11.9. The van der Waals surface area contributed by atoms with Crippen LogP contribution in [0.5, 0.6) is 17.2 Å². The summed E-state index contributed by atoms with van der Waals surface area (Å²) in [5.74, 6) is 1.83. The number of sulfonamides is 1. The van der Waals surface area contributed by atoms with Gasteiger partial charge >= 0.3 is 0 Å². The van der Waals surface area contributed by atoms with Crippen molar-refractivity contribution in [3.8, 4) is 17.2 Å². The van der Waals surface area contributed by atoms with E-state index in [0.29, 0.717) is 17.2 Å². The van der Waals surface area contributed by atoms with Gasteiger partial charge in [0.05, 0.1) is 18.1 Å². The summed E-state index contributed by atoms with van der Waals surface area (Å²) in [6.45, 7) is 6.11. The molecule has 0 radical (unpaired) electrons. The van der Waals surface area contributed by atoms with E-state index in [2.05, 4.69) is 4.72 Å². The first kappa shape index (κ1) is 20.1. The molecule has 0 amide bonds. The molecule has 26 heavy (non-hydrogen) atoms. The number of ether oxygens (including phenoxy) is 3. The normalized spacial score (nSPS) is 11.4. The maximum Gasteiger partial charge on any atom is 0.240 e. The molecule has 7 heteroatoms. The summed E-state index contributed by atoms with van der Waals surface area (Å²) < 4.78 is 43.5. The molecule has 0 aliphatic carbocycles. The van der Waals surface area contributed by atoms with Crippen molar-refractivity contribution in [3.05, 3.63) is 48.0 Å². The van der Waals surface area contributed by atoms with E-state index in [0.717, 1.165) is 5.56 Å². The molecule has 6 nitrogen and oxygen atoms in total. The largest absolute Gasteiger partial charge is 0.493 e. The van der Waals surface area contributed by atoms with Crippen LogP contribution in [0.4, 0.5) is 0 Å². The molecular weight excluding hydrogens is 354 g/mol. The molecular formula is C19H25NO5S. The fourth-order valence-corrected chi connectivity index (χ4v) is 3.30. The van der Waals surface area contributed by atoms with E-state index in [1.165, 1.54) is 12.1 Å². The second-order valence-electron chi connectivity index (χ2n) is 6.04. The first-order chi connectivity index (χ1) is 12.3.